The van der Waals surface area contributed by atoms with Crippen LogP contribution in [0.15, 0.2) is 55.1 Å². The lowest BCUT2D eigenvalue weighted by atomic mass is 9.75. The second kappa shape index (κ2) is 12.8. The van der Waals surface area contributed by atoms with Gasteiger partial charge >= 0.3 is 12.3 Å². The number of halogens is 6. The van der Waals surface area contributed by atoms with Crippen LogP contribution in [0.25, 0.3) is 11.4 Å². The molecule has 2 fully saturated rings. The number of carbonyl (C=O) groups is 2. The van der Waals surface area contributed by atoms with E-state index < -0.39 is 65.5 Å². The van der Waals surface area contributed by atoms with E-state index >= 15 is 0 Å². The Balaban J connectivity index is 1.41. The van der Waals surface area contributed by atoms with Gasteiger partial charge in [-0.15, -0.1) is 5.10 Å². The van der Waals surface area contributed by atoms with Crippen molar-refractivity contribution in [2.24, 2.45) is 5.41 Å². The monoisotopic (exact) mass is 735 g/mol. The normalized spacial score (nSPS) is 19.3. The number of alkyl carbamates (subject to hydrolysis) is 1. The van der Waals surface area contributed by atoms with Crippen LogP contribution in [0.3, 0.4) is 0 Å². The van der Waals surface area contributed by atoms with E-state index in [1.165, 1.54) is 29.2 Å². The van der Waals surface area contributed by atoms with Crippen LogP contribution < -0.4 is 10.6 Å². The molecule has 0 spiro atoms. The molecule has 0 bridgehead atoms. The molecule has 1 saturated carbocycles. The summed E-state index contributed by atoms with van der Waals surface area (Å²) in [5.74, 6) is -1.79. The maximum atomic E-state index is 14.8. The number of guanidine groups is 1. The number of amides is 2. The van der Waals surface area contributed by atoms with E-state index in [1.807, 2.05) is 26.1 Å². The largest absolute Gasteiger partial charge is 0.447 e. The Kier molecular flexibility index (Phi) is 8.97. The molecule has 1 aliphatic heterocycles. The van der Waals surface area contributed by atoms with Crippen LogP contribution in [0.1, 0.15) is 69.5 Å². The van der Waals surface area contributed by atoms with Crippen molar-refractivity contribution in [1.82, 2.24) is 50.5 Å². The standard InChI is InChI=1S/C31H31ClF5N11O3/c1-28(2,3)14-30(18-5-7-19(8-6-18)46-16-40-44-45-46)25(49)47(26(38)42-30)22(13-51-27(50)43-29(10-11-29)31(35,36)37)17-4-9-20(32)21(12-17)48-24(23(33)34)39-15-41-48/h4-9,12,15-16,22-23H,10-11,13-14H2,1-3H3,(H2,38,42)(H,43,50)/t22-,30-/m1/s1. The van der Waals surface area contributed by atoms with Crippen LogP contribution in [0.5, 0.6) is 0 Å². The lowest BCUT2D eigenvalue weighted by molar-refractivity contribution is -0.164. The number of nitrogens with one attached hydrogen (secondary N) is 3. The van der Waals surface area contributed by atoms with E-state index in [9.17, 15) is 31.5 Å². The van der Waals surface area contributed by atoms with E-state index in [2.05, 4.69) is 30.9 Å². The molecule has 4 aromatic rings. The van der Waals surface area contributed by atoms with Crippen molar-refractivity contribution in [3.05, 3.63) is 77.1 Å². The topological polar surface area (TPSA) is 169 Å². The Hall–Kier alpha value is -5.20. The van der Waals surface area contributed by atoms with Crippen LogP contribution >= 0.6 is 11.6 Å². The van der Waals surface area contributed by atoms with Gasteiger partial charge in [0.05, 0.1) is 22.4 Å². The highest BCUT2D eigenvalue weighted by Crippen LogP contribution is 2.49. The number of carbonyl (C=O) groups excluding carboxylic acids is 2. The molecule has 1 aliphatic carbocycles. The molecule has 3 heterocycles. The molecule has 2 aromatic carbocycles. The average molecular weight is 736 g/mol. The first-order valence-electron chi connectivity index (χ1n) is 15.5. The number of alkyl halides is 5. The fraction of sp³-hybridized carbons (Fsp3) is 0.419. The van der Waals surface area contributed by atoms with Gasteiger partial charge in [0.25, 0.3) is 12.3 Å². The summed E-state index contributed by atoms with van der Waals surface area (Å²) < 4.78 is 75.9. The first-order valence-corrected chi connectivity index (χ1v) is 15.9. The van der Waals surface area contributed by atoms with Crippen molar-refractivity contribution in [3.8, 4) is 11.4 Å². The van der Waals surface area contributed by atoms with Crippen LogP contribution in [0.2, 0.25) is 5.02 Å². The van der Waals surface area contributed by atoms with E-state index in [1.54, 1.807) is 24.3 Å². The molecule has 14 nitrogen and oxygen atoms in total. The number of nitrogens with zero attached hydrogens (tertiary/aromatic N) is 8. The SMILES string of the molecule is CC(C)(C)C[C@]1(c2ccc(-n3cnnn3)cc2)NC(=N)N([C@H](COC(=O)NC2(C(F)(F)F)CC2)c2ccc(Cl)c(-n3ncnc3C(F)F)c2)C1=O. The Morgan fingerprint density at radius 1 is 1.14 bits per heavy atom. The molecular weight excluding hydrogens is 705 g/mol. The molecule has 2 aliphatic rings. The molecule has 3 N–H and O–H groups in total. The number of hydrogen-bond acceptors (Lipinski definition) is 9. The smallest absolute Gasteiger partial charge is 0.411 e. The fourth-order valence-corrected chi connectivity index (χ4v) is 6.30. The molecule has 20 heteroatoms. The fourth-order valence-electron chi connectivity index (χ4n) is 6.11. The second-order valence-corrected chi connectivity index (χ2v) is 13.9. The van der Waals surface area contributed by atoms with Crippen molar-refractivity contribution in [2.75, 3.05) is 6.61 Å². The minimum absolute atomic E-state index is 0.0323. The number of benzene rings is 2. The second-order valence-electron chi connectivity index (χ2n) is 13.5. The van der Waals surface area contributed by atoms with E-state index in [0.29, 0.717) is 11.3 Å². The maximum Gasteiger partial charge on any atom is 0.411 e. The van der Waals surface area contributed by atoms with Crippen molar-refractivity contribution in [1.29, 1.82) is 5.41 Å². The van der Waals surface area contributed by atoms with Gasteiger partial charge in [-0.2, -0.15) is 18.3 Å². The summed E-state index contributed by atoms with van der Waals surface area (Å²) in [7, 11) is 0. The number of rotatable bonds is 10. The summed E-state index contributed by atoms with van der Waals surface area (Å²) in [4.78, 5) is 32.2. The van der Waals surface area contributed by atoms with Gasteiger partial charge in [0.2, 0.25) is 0 Å². The molecule has 0 unspecified atom stereocenters. The summed E-state index contributed by atoms with van der Waals surface area (Å²) in [5, 5.41) is 28.9. The molecular formula is C31H31ClF5N11O3. The summed E-state index contributed by atoms with van der Waals surface area (Å²) >= 11 is 6.40. The minimum Gasteiger partial charge on any atom is -0.447 e. The van der Waals surface area contributed by atoms with Gasteiger partial charge in [0, 0.05) is 0 Å². The number of tetrazole rings is 1. The first-order chi connectivity index (χ1) is 23.9. The maximum absolute atomic E-state index is 14.8. The van der Waals surface area contributed by atoms with E-state index in [4.69, 9.17) is 21.7 Å². The van der Waals surface area contributed by atoms with Crippen molar-refractivity contribution < 1.29 is 36.3 Å². The Bertz CT molecular complexity index is 1940. The summed E-state index contributed by atoms with van der Waals surface area (Å²) in [5.41, 5.74) is -3.38. The van der Waals surface area contributed by atoms with Crippen LogP contribution in [-0.2, 0) is 15.1 Å². The third-order valence-corrected chi connectivity index (χ3v) is 8.92. The minimum atomic E-state index is -4.72. The van der Waals surface area contributed by atoms with Gasteiger partial charge in [-0.05, 0) is 70.5 Å². The molecule has 6 rings (SSSR count). The molecule has 51 heavy (non-hydrogen) atoms. The van der Waals surface area contributed by atoms with Crippen LogP contribution in [0, 0.1) is 10.8 Å². The zero-order chi connectivity index (χ0) is 36.9. The molecule has 0 radical (unpaired) electrons. The molecule has 2 amide bonds. The van der Waals surface area contributed by atoms with Gasteiger partial charge in [0.1, 0.15) is 30.3 Å². The van der Waals surface area contributed by atoms with Gasteiger partial charge in [0.15, 0.2) is 11.8 Å². The highest BCUT2D eigenvalue weighted by Gasteiger charge is 2.64. The van der Waals surface area contributed by atoms with E-state index in [0.717, 1.165) is 15.9 Å². The van der Waals surface area contributed by atoms with Crippen molar-refractivity contribution in [2.45, 2.75) is 69.8 Å². The Morgan fingerprint density at radius 2 is 1.84 bits per heavy atom. The average Bonchev–Trinajstić information content (AvgIpc) is 3.38. The third-order valence-electron chi connectivity index (χ3n) is 8.60. The molecule has 2 atom stereocenters. The number of hydrogen-bond donors (Lipinski definition) is 3. The summed E-state index contributed by atoms with van der Waals surface area (Å²) in [6.07, 6.45) is -7.37. The van der Waals surface area contributed by atoms with Crippen LogP contribution in [0.4, 0.5) is 26.7 Å². The Morgan fingerprint density at radius 3 is 2.43 bits per heavy atom. The summed E-state index contributed by atoms with van der Waals surface area (Å²) in [6, 6.07) is 9.40. The van der Waals surface area contributed by atoms with Crippen LogP contribution in [-0.4, -0.2) is 76.2 Å². The lowest BCUT2D eigenvalue weighted by Gasteiger charge is -2.35. The zero-order valence-electron chi connectivity index (χ0n) is 27.2. The predicted molar refractivity (Wildman–Crippen MR) is 169 cm³/mol. The zero-order valence-corrected chi connectivity index (χ0v) is 28.0. The predicted octanol–water partition coefficient (Wildman–Crippen LogP) is 5.39. The van der Waals surface area contributed by atoms with Gasteiger partial charge < -0.3 is 15.4 Å². The van der Waals surface area contributed by atoms with Gasteiger partial charge in [-0.25, -0.2) is 27.9 Å². The molecule has 270 valence electrons. The quantitative estimate of drug-likeness (QED) is 0.181. The first kappa shape index (κ1) is 35.6. The van der Waals surface area contributed by atoms with Crippen molar-refractivity contribution in [3.63, 3.8) is 0 Å². The third kappa shape index (κ3) is 6.81. The van der Waals surface area contributed by atoms with Crippen molar-refractivity contribution >= 4 is 29.6 Å². The van der Waals surface area contributed by atoms with E-state index in [-0.39, 0.29) is 35.5 Å². The molecule has 1 saturated heterocycles. The highest BCUT2D eigenvalue weighted by molar-refractivity contribution is 6.32. The highest BCUT2D eigenvalue weighted by atomic mass is 35.5. The summed E-state index contributed by atoms with van der Waals surface area (Å²) in [6.45, 7) is 4.96. The lowest BCUT2D eigenvalue weighted by Crippen LogP contribution is -2.49. The molecule has 2 aromatic heterocycles. The number of aromatic nitrogens is 7. The van der Waals surface area contributed by atoms with Gasteiger partial charge in [-0.3, -0.25) is 15.1 Å². The van der Waals surface area contributed by atoms with Gasteiger partial charge in [-0.1, -0.05) is 50.6 Å². The Labute approximate surface area is 291 Å². The number of ether oxygens (including phenoxy) is 1.